The molecular formula is C24H26N4O2. The molecule has 2 aromatic carbocycles. The van der Waals surface area contributed by atoms with Gasteiger partial charge in [-0.25, -0.2) is 0 Å². The fraction of sp³-hybridized carbons (Fsp3) is 0.375. The highest BCUT2D eigenvalue weighted by Crippen LogP contribution is 2.34. The molecule has 2 aliphatic rings. The topological polar surface area (TPSA) is 64.5 Å². The first-order valence-electron chi connectivity index (χ1n) is 10.7. The first-order chi connectivity index (χ1) is 14.8. The second kappa shape index (κ2) is 8.29. The van der Waals surface area contributed by atoms with Gasteiger partial charge in [0.2, 0.25) is 0 Å². The molecule has 0 atom stereocenters. The molecule has 6 nitrogen and oxygen atoms in total. The van der Waals surface area contributed by atoms with Crippen LogP contribution in [0.4, 0.5) is 5.69 Å². The Bertz CT molecular complexity index is 1080. The van der Waals surface area contributed by atoms with Crippen LogP contribution in [0.25, 0.3) is 10.9 Å². The molecule has 0 amide bonds. The number of benzene rings is 2. The average Bonchev–Trinajstić information content (AvgIpc) is 3.21. The minimum Gasteiger partial charge on any atom is -0.486 e. The highest BCUT2D eigenvalue weighted by molar-refractivity contribution is 5.84. The third-order valence-electron chi connectivity index (χ3n) is 6.08. The van der Waals surface area contributed by atoms with Crippen LogP contribution < -0.4 is 14.4 Å². The third-order valence-corrected chi connectivity index (χ3v) is 6.08. The predicted octanol–water partition coefficient (Wildman–Crippen LogP) is 3.57. The number of nitrogens with one attached hydrogen (secondary N) is 1. The molecule has 3 aromatic rings. The number of hydrogen-bond donors (Lipinski definition) is 1. The molecule has 1 fully saturated rings. The van der Waals surface area contributed by atoms with Crippen molar-refractivity contribution in [1.82, 2.24) is 9.88 Å². The number of nitrogens with zero attached hydrogens (tertiary/aromatic N) is 3. The van der Waals surface area contributed by atoms with Gasteiger partial charge in [-0.15, -0.1) is 0 Å². The second-order valence-corrected chi connectivity index (χ2v) is 7.95. The van der Waals surface area contributed by atoms with E-state index in [-0.39, 0.29) is 0 Å². The lowest BCUT2D eigenvalue weighted by molar-refractivity contribution is 0.171. The van der Waals surface area contributed by atoms with Gasteiger partial charge in [-0.1, -0.05) is 6.07 Å². The van der Waals surface area contributed by atoms with Crippen LogP contribution in [-0.2, 0) is 6.42 Å². The Morgan fingerprint density at radius 3 is 2.63 bits per heavy atom. The summed E-state index contributed by atoms with van der Waals surface area (Å²) in [6.07, 6.45) is 4.27. The van der Waals surface area contributed by atoms with Gasteiger partial charge < -0.3 is 19.4 Å². The number of fused-ring (bicyclic) bond motifs is 2. The van der Waals surface area contributed by atoms with Crippen molar-refractivity contribution in [1.29, 1.82) is 5.26 Å². The largest absolute Gasteiger partial charge is 0.486 e. The van der Waals surface area contributed by atoms with Crippen molar-refractivity contribution in [2.45, 2.75) is 12.8 Å². The molecule has 5 rings (SSSR count). The minimum atomic E-state index is 0.625. The van der Waals surface area contributed by atoms with Crippen molar-refractivity contribution in [3.63, 3.8) is 0 Å². The molecule has 154 valence electrons. The number of rotatable bonds is 5. The first kappa shape index (κ1) is 18.8. The molecule has 0 spiro atoms. The van der Waals surface area contributed by atoms with Gasteiger partial charge in [-0.2, -0.15) is 5.26 Å². The monoisotopic (exact) mass is 402 g/mol. The van der Waals surface area contributed by atoms with Crippen LogP contribution in [0.1, 0.15) is 17.5 Å². The smallest absolute Gasteiger partial charge is 0.163 e. The van der Waals surface area contributed by atoms with Crippen LogP contribution in [-0.4, -0.2) is 55.8 Å². The lowest BCUT2D eigenvalue weighted by atomic mass is 10.1. The Morgan fingerprint density at radius 1 is 0.967 bits per heavy atom. The van der Waals surface area contributed by atoms with Crippen molar-refractivity contribution in [2.75, 3.05) is 50.8 Å². The van der Waals surface area contributed by atoms with E-state index in [4.69, 9.17) is 14.7 Å². The summed E-state index contributed by atoms with van der Waals surface area (Å²) in [6, 6.07) is 14.4. The van der Waals surface area contributed by atoms with Crippen molar-refractivity contribution >= 4 is 16.6 Å². The molecule has 0 bridgehead atoms. The molecule has 0 radical (unpaired) electrons. The Morgan fingerprint density at radius 2 is 1.80 bits per heavy atom. The Labute approximate surface area is 176 Å². The van der Waals surface area contributed by atoms with Crippen LogP contribution in [0, 0.1) is 11.3 Å². The van der Waals surface area contributed by atoms with Crippen molar-refractivity contribution in [3.8, 4) is 17.6 Å². The van der Waals surface area contributed by atoms with Crippen LogP contribution in [0.3, 0.4) is 0 Å². The van der Waals surface area contributed by atoms with E-state index in [0.29, 0.717) is 18.8 Å². The summed E-state index contributed by atoms with van der Waals surface area (Å²) in [5, 5.41) is 10.3. The summed E-state index contributed by atoms with van der Waals surface area (Å²) < 4.78 is 11.4. The molecule has 0 aliphatic carbocycles. The van der Waals surface area contributed by atoms with Gasteiger partial charge in [0.05, 0.1) is 11.6 Å². The summed E-state index contributed by atoms with van der Waals surface area (Å²) in [6.45, 7) is 6.58. The summed E-state index contributed by atoms with van der Waals surface area (Å²) >= 11 is 0. The van der Waals surface area contributed by atoms with Gasteiger partial charge >= 0.3 is 0 Å². The normalized spacial score (nSPS) is 16.6. The quantitative estimate of drug-likeness (QED) is 0.707. The Balaban J connectivity index is 1.12. The maximum atomic E-state index is 9.05. The molecule has 30 heavy (non-hydrogen) atoms. The van der Waals surface area contributed by atoms with E-state index in [1.807, 2.05) is 18.2 Å². The van der Waals surface area contributed by atoms with E-state index < -0.39 is 0 Å². The fourth-order valence-corrected chi connectivity index (χ4v) is 4.41. The number of aryl methyl sites for hydroxylation is 1. The summed E-state index contributed by atoms with van der Waals surface area (Å²) in [4.78, 5) is 8.29. The SMILES string of the molecule is N#Cc1ccc2c(CCCN3CCN(c4ccc5c(c4)OCCO5)CC3)c[nH]c2c1. The molecule has 1 N–H and O–H groups in total. The van der Waals surface area contributed by atoms with Crippen molar-refractivity contribution in [2.24, 2.45) is 0 Å². The molecule has 6 heteroatoms. The van der Waals surface area contributed by atoms with Crippen LogP contribution in [0.2, 0.25) is 0 Å². The maximum Gasteiger partial charge on any atom is 0.163 e. The number of ether oxygens (including phenoxy) is 2. The first-order valence-corrected chi connectivity index (χ1v) is 10.7. The van der Waals surface area contributed by atoms with Gasteiger partial charge in [0.1, 0.15) is 13.2 Å². The minimum absolute atomic E-state index is 0.625. The van der Waals surface area contributed by atoms with Gasteiger partial charge in [0, 0.05) is 55.0 Å². The number of aromatic nitrogens is 1. The number of nitriles is 1. The molecule has 1 saturated heterocycles. The van der Waals surface area contributed by atoms with E-state index in [9.17, 15) is 0 Å². The van der Waals surface area contributed by atoms with E-state index >= 15 is 0 Å². The fourth-order valence-electron chi connectivity index (χ4n) is 4.41. The highest BCUT2D eigenvalue weighted by Gasteiger charge is 2.19. The molecular weight excluding hydrogens is 376 g/mol. The number of anilines is 1. The van der Waals surface area contributed by atoms with E-state index in [1.165, 1.54) is 16.6 Å². The zero-order chi connectivity index (χ0) is 20.3. The van der Waals surface area contributed by atoms with Crippen molar-refractivity contribution < 1.29 is 9.47 Å². The lowest BCUT2D eigenvalue weighted by Gasteiger charge is -2.36. The Kier molecular flexibility index (Phi) is 5.20. The average molecular weight is 402 g/mol. The zero-order valence-electron chi connectivity index (χ0n) is 17.1. The summed E-state index contributed by atoms with van der Waals surface area (Å²) in [7, 11) is 0. The van der Waals surface area contributed by atoms with Crippen LogP contribution in [0.5, 0.6) is 11.5 Å². The molecule has 2 aliphatic heterocycles. The molecule has 1 aromatic heterocycles. The van der Waals surface area contributed by atoms with Gasteiger partial charge in [-0.05, 0) is 49.2 Å². The second-order valence-electron chi connectivity index (χ2n) is 7.95. The number of hydrogen-bond acceptors (Lipinski definition) is 5. The van der Waals surface area contributed by atoms with Crippen LogP contribution >= 0.6 is 0 Å². The van der Waals surface area contributed by atoms with E-state index in [0.717, 1.165) is 62.6 Å². The van der Waals surface area contributed by atoms with Crippen molar-refractivity contribution in [3.05, 3.63) is 53.7 Å². The van der Waals surface area contributed by atoms with E-state index in [1.54, 1.807) is 0 Å². The number of H-pyrrole nitrogens is 1. The van der Waals surface area contributed by atoms with Crippen LogP contribution in [0.15, 0.2) is 42.6 Å². The molecule has 3 heterocycles. The maximum absolute atomic E-state index is 9.05. The molecule has 0 unspecified atom stereocenters. The predicted molar refractivity (Wildman–Crippen MR) is 117 cm³/mol. The Hall–Kier alpha value is -3.17. The van der Waals surface area contributed by atoms with Gasteiger partial charge in [0.15, 0.2) is 11.5 Å². The third kappa shape index (κ3) is 3.81. The summed E-state index contributed by atoms with van der Waals surface area (Å²) in [5.74, 6) is 1.71. The van der Waals surface area contributed by atoms with Gasteiger partial charge in [0.25, 0.3) is 0 Å². The van der Waals surface area contributed by atoms with E-state index in [2.05, 4.69) is 45.2 Å². The summed E-state index contributed by atoms with van der Waals surface area (Å²) in [5.41, 5.74) is 4.31. The highest BCUT2D eigenvalue weighted by atomic mass is 16.6. The number of aromatic amines is 1. The lowest BCUT2D eigenvalue weighted by Crippen LogP contribution is -2.46. The zero-order valence-corrected chi connectivity index (χ0v) is 17.1. The number of piperazine rings is 1. The molecule has 0 saturated carbocycles. The van der Waals surface area contributed by atoms with Gasteiger partial charge in [-0.3, -0.25) is 4.90 Å². The standard InChI is InChI=1S/C24H26N4O2/c25-16-18-3-5-21-19(17-26-22(21)14-18)2-1-7-27-8-10-28(11-9-27)20-4-6-23-24(15-20)30-13-12-29-23/h3-6,14-15,17,26H,1-2,7-13H2.